The number of hydrogen-bond acceptors (Lipinski definition) is 15. The molecule has 0 saturated carbocycles. The van der Waals surface area contributed by atoms with Crippen LogP contribution < -0.4 is 0 Å². The lowest BCUT2D eigenvalue weighted by Crippen LogP contribution is -2.30. The van der Waals surface area contributed by atoms with Gasteiger partial charge in [0.2, 0.25) is 0 Å². The minimum absolute atomic E-state index is 0.0538. The van der Waals surface area contributed by atoms with Gasteiger partial charge in [0.25, 0.3) is 0 Å². The van der Waals surface area contributed by atoms with Gasteiger partial charge < -0.3 is 33.8 Å². The average molecular weight is 1600 g/mol. The van der Waals surface area contributed by atoms with Crippen molar-refractivity contribution in [2.45, 2.75) is 290 Å². The fourth-order valence-corrected chi connectivity index (χ4v) is 11.4. The van der Waals surface area contributed by atoms with E-state index in [0.29, 0.717) is 51.4 Å². The molecule has 0 aliphatic carbocycles. The molecule has 19 heteroatoms. The van der Waals surface area contributed by atoms with Crippen LogP contribution in [0.5, 0.6) is 0 Å². The molecule has 628 valence electrons. The summed E-state index contributed by atoms with van der Waals surface area (Å²) in [6.07, 6.45) is 106. The Morgan fingerprint density at radius 2 is 0.473 bits per heavy atom. The second kappa shape index (κ2) is 82.1. The van der Waals surface area contributed by atoms with Crippen LogP contribution in [0.25, 0.3) is 0 Å². The van der Waals surface area contributed by atoms with Crippen molar-refractivity contribution >= 4 is 39.5 Å². The molecule has 0 aliphatic rings. The van der Waals surface area contributed by atoms with Gasteiger partial charge in [0.05, 0.1) is 26.4 Å². The van der Waals surface area contributed by atoms with Crippen LogP contribution in [-0.4, -0.2) is 96.7 Å². The first-order chi connectivity index (χ1) is 54.7. The Hall–Kier alpha value is -6.88. The maximum absolute atomic E-state index is 13.1. The summed E-state index contributed by atoms with van der Waals surface area (Å²) in [5.74, 6) is -2.53. The van der Waals surface area contributed by atoms with Gasteiger partial charge in [-0.15, -0.1) is 0 Å². The smallest absolute Gasteiger partial charge is 0.462 e. The van der Waals surface area contributed by atoms with Crippen LogP contribution in [0.2, 0.25) is 0 Å². The number of phosphoric acid groups is 2. The summed E-state index contributed by atoms with van der Waals surface area (Å²) in [5, 5.41) is 10.7. The van der Waals surface area contributed by atoms with E-state index in [1.807, 2.05) is 60.8 Å². The Morgan fingerprint density at radius 1 is 0.259 bits per heavy atom. The maximum Gasteiger partial charge on any atom is 0.472 e. The minimum atomic E-state index is -5.04. The van der Waals surface area contributed by atoms with E-state index in [1.54, 1.807) is 0 Å². The molecule has 0 bridgehead atoms. The molecule has 0 spiro atoms. The van der Waals surface area contributed by atoms with Gasteiger partial charge in [-0.3, -0.25) is 37.3 Å². The zero-order valence-electron chi connectivity index (χ0n) is 68.7. The van der Waals surface area contributed by atoms with Gasteiger partial charge in [-0.05, 0) is 180 Å². The number of ether oxygens (including phenoxy) is 4. The first-order valence-electron chi connectivity index (χ1n) is 41.6. The Morgan fingerprint density at radius 3 is 0.714 bits per heavy atom. The quantitative estimate of drug-likeness (QED) is 0.0169. The zero-order valence-corrected chi connectivity index (χ0v) is 70.5. The number of allylic oxidation sites excluding steroid dienone is 38. The molecule has 0 heterocycles. The number of unbranched alkanes of at least 4 members (excludes halogenated alkanes) is 11. The summed E-state index contributed by atoms with van der Waals surface area (Å²) in [6.45, 7) is 4.34. The number of carbonyl (C=O) groups excluding carboxylic acids is 4. The van der Waals surface area contributed by atoms with Crippen LogP contribution in [0.4, 0.5) is 0 Å². The third kappa shape index (κ3) is 81.1. The number of hydrogen-bond donors (Lipinski definition) is 3. The van der Waals surface area contributed by atoms with E-state index < -0.39 is 97.5 Å². The van der Waals surface area contributed by atoms with Crippen LogP contribution in [0.3, 0.4) is 0 Å². The third-order valence-electron chi connectivity index (χ3n) is 16.1. The normalized spacial score (nSPS) is 15.0. The molecule has 0 aliphatic heterocycles. The van der Waals surface area contributed by atoms with Gasteiger partial charge in [0.15, 0.2) is 12.2 Å². The van der Waals surface area contributed by atoms with Gasteiger partial charge in [-0.25, -0.2) is 9.13 Å². The summed E-state index contributed by atoms with van der Waals surface area (Å²) in [6, 6.07) is 0. The van der Waals surface area contributed by atoms with E-state index in [-0.39, 0.29) is 25.7 Å². The van der Waals surface area contributed by atoms with Crippen molar-refractivity contribution in [3.05, 3.63) is 231 Å². The number of aliphatic hydroxyl groups is 1. The number of rotatable bonds is 75. The highest BCUT2D eigenvalue weighted by atomic mass is 31.2. The van der Waals surface area contributed by atoms with Gasteiger partial charge >= 0.3 is 39.5 Å². The molecular weight excluding hydrogens is 1450 g/mol. The Kier molecular flexibility index (Phi) is 77.1. The van der Waals surface area contributed by atoms with E-state index >= 15 is 0 Å². The molecule has 0 radical (unpaired) electrons. The van der Waals surface area contributed by atoms with Gasteiger partial charge in [0.1, 0.15) is 19.3 Å². The molecule has 112 heavy (non-hydrogen) atoms. The molecule has 2 unspecified atom stereocenters. The number of phosphoric ester groups is 2. The standard InChI is InChI=1S/C93H144O17P2/c1-5-9-13-17-21-25-29-33-37-41-43-47-51-55-59-63-67-71-75-79-92(97)109-88(83-103-90(95)77-73-69-65-61-57-53-49-45-39-35-31-27-23-19-15-11-7-3)85-107-111(99,100)105-81-87(94)82-106-112(101,102)108-86-89(84-104-91(96)78-74-70-66-62-58-54-50-46-40-36-32-28-24-20-16-12-8-4)110-93(98)80-76-72-68-64-60-56-52-48-44-42-38-34-30-26-22-18-14-10-6-2/h9,13,21-28,33-40,43-44,47-50,53-56,59-62,65-68,71-72,87-89,94H,5-8,10-12,14-20,29-32,41-42,45-46,51-52,57-58,63-64,69-70,73-86H2,1-4H3,(H,99,100)(H,101,102)/b13-9-,25-21-,26-22-,27-23-,28-24-,37-33-,38-34-,39-35-,40-36-,47-43-,48-44-,53-49-,54-50-,59-55-,60-56-,65-61-,66-62-,71-67-,72-68-/t87-,88-,89-/m1/s1. The van der Waals surface area contributed by atoms with Crippen LogP contribution in [0.15, 0.2) is 231 Å². The predicted octanol–water partition coefficient (Wildman–Crippen LogP) is 25.0. The van der Waals surface area contributed by atoms with Crippen molar-refractivity contribution in [3.63, 3.8) is 0 Å². The van der Waals surface area contributed by atoms with Crippen molar-refractivity contribution in [1.82, 2.24) is 0 Å². The van der Waals surface area contributed by atoms with Gasteiger partial charge in [-0.1, -0.05) is 297 Å². The van der Waals surface area contributed by atoms with Gasteiger partial charge in [0, 0.05) is 25.7 Å². The molecule has 0 saturated heterocycles. The molecular formula is C93H144O17P2. The van der Waals surface area contributed by atoms with Crippen LogP contribution in [0, 0.1) is 0 Å². The fourth-order valence-electron chi connectivity index (χ4n) is 9.80. The third-order valence-corrected chi connectivity index (χ3v) is 18.0. The molecule has 17 nitrogen and oxygen atoms in total. The van der Waals surface area contributed by atoms with Crippen molar-refractivity contribution in [3.8, 4) is 0 Å². The van der Waals surface area contributed by atoms with Crippen LogP contribution in [-0.2, 0) is 65.4 Å². The van der Waals surface area contributed by atoms with Crippen molar-refractivity contribution < 1.29 is 80.2 Å². The molecule has 0 fully saturated rings. The Balaban J connectivity index is 5.65. The monoisotopic (exact) mass is 1590 g/mol. The number of aliphatic hydroxyl groups excluding tert-OH is 1. The topological polar surface area (TPSA) is 237 Å². The first kappa shape index (κ1) is 105. The minimum Gasteiger partial charge on any atom is -0.462 e. The highest BCUT2D eigenvalue weighted by Crippen LogP contribution is 2.45. The fraction of sp³-hybridized carbons (Fsp3) is 0.548. The largest absolute Gasteiger partial charge is 0.472 e. The molecule has 0 aromatic carbocycles. The highest BCUT2D eigenvalue weighted by molar-refractivity contribution is 7.47. The second-order valence-electron chi connectivity index (χ2n) is 26.6. The summed E-state index contributed by atoms with van der Waals surface area (Å²) < 4.78 is 68.4. The maximum atomic E-state index is 13.1. The summed E-state index contributed by atoms with van der Waals surface area (Å²) in [4.78, 5) is 73.1. The van der Waals surface area contributed by atoms with Crippen molar-refractivity contribution in [2.24, 2.45) is 0 Å². The predicted molar refractivity (Wildman–Crippen MR) is 463 cm³/mol. The number of carbonyl (C=O) groups is 4. The first-order valence-corrected chi connectivity index (χ1v) is 44.6. The lowest BCUT2D eigenvalue weighted by molar-refractivity contribution is -0.161. The lowest BCUT2D eigenvalue weighted by Gasteiger charge is -2.21. The van der Waals surface area contributed by atoms with Crippen LogP contribution >= 0.6 is 15.6 Å². The lowest BCUT2D eigenvalue weighted by atomic mass is 10.2. The molecule has 5 atom stereocenters. The van der Waals surface area contributed by atoms with E-state index in [9.17, 15) is 43.2 Å². The van der Waals surface area contributed by atoms with Gasteiger partial charge in [-0.2, -0.15) is 0 Å². The summed E-state index contributed by atoms with van der Waals surface area (Å²) in [5.41, 5.74) is 0. The molecule has 3 N–H and O–H groups in total. The highest BCUT2D eigenvalue weighted by Gasteiger charge is 2.30. The molecule has 0 amide bonds. The second-order valence-corrected chi connectivity index (χ2v) is 29.5. The van der Waals surface area contributed by atoms with E-state index in [0.717, 1.165) is 109 Å². The summed E-state index contributed by atoms with van der Waals surface area (Å²) in [7, 11) is -10.1. The molecule has 0 aromatic rings. The zero-order chi connectivity index (χ0) is 81.7. The summed E-state index contributed by atoms with van der Waals surface area (Å²) >= 11 is 0. The Labute approximate surface area is 676 Å². The number of esters is 4. The average Bonchev–Trinajstić information content (AvgIpc) is 0.898. The Bertz CT molecular complexity index is 3040. The van der Waals surface area contributed by atoms with E-state index in [2.05, 4.69) is 198 Å². The van der Waals surface area contributed by atoms with E-state index in [1.165, 1.54) is 57.8 Å². The van der Waals surface area contributed by atoms with E-state index in [4.69, 9.17) is 37.0 Å². The molecule has 0 rings (SSSR count). The molecule has 0 aromatic heterocycles. The van der Waals surface area contributed by atoms with Crippen LogP contribution in [0.1, 0.15) is 272 Å². The van der Waals surface area contributed by atoms with Crippen molar-refractivity contribution in [2.75, 3.05) is 39.6 Å². The van der Waals surface area contributed by atoms with Crippen molar-refractivity contribution in [1.29, 1.82) is 0 Å². The SMILES string of the molecule is CC/C=C\C/C=C\C/C=C\C/C=C\C/C=C\C/C=C\CCC(=O)O[C@H](COC(=O)CCC/C=C\C/C=C\C/C=C\C/C=C\CCCCC)COP(=O)(O)OC[C@@H](O)COP(=O)(O)OC[C@@H](COC(=O)CCC/C=C\C/C=C\C/C=C\C/C=C\CCCCC)OC(=O)CC/C=C\C/C=C\C/C=C\C/C=C\C/C=C\CCCCC.